The number of nitrogens with zero attached hydrogens (tertiary/aromatic N) is 4. The van der Waals surface area contributed by atoms with Crippen molar-refractivity contribution in [2.45, 2.75) is 6.29 Å². The number of aromatic nitrogens is 4. The second kappa shape index (κ2) is 5.69. The van der Waals surface area contributed by atoms with Crippen LogP contribution in [0.1, 0.15) is 0 Å². The van der Waals surface area contributed by atoms with Gasteiger partial charge in [0.25, 0.3) is 0 Å². The zero-order chi connectivity index (χ0) is 14.8. The van der Waals surface area contributed by atoms with Crippen LogP contribution in [-0.4, -0.2) is 53.8 Å². The van der Waals surface area contributed by atoms with Crippen molar-refractivity contribution in [3.63, 3.8) is 0 Å². The number of hydrogen-bond acceptors (Lipinski definition) is 8. The number of rotatable bonds is 6. The Morgan fingerprint density at radius 3 is 2.85 bits per heavy atom. The summed E-state index contributed by atoms with van der Waals surface area (Å²) in [7, 11) is -4.34. The highest BCUT2D eigenvalue weighted by molar-refractivity contribution is 7.51. The molecule has 0 saturated heterocycles. The number of nitrogens with two attached hydrogens (primary N) is 1. The van der Waals surface area contributed by atoms with Crippen LogP contribution in [0.2, 0.25) is 0 Å². The van der Waals surface area contributed by atoms with Gasteiger partial charge in [-0.2, -0.15) is 4.73 Å². The fraction of sp³-hybridized carbons (Fsp3) is 0.375. The van der Waals surface area contributed by atoms with E-state index in [0.29, 0.717) is 11.2 Å². The molecule has 12 heteroatoms. The lowest BCUT2D eigenvalue weighted by molar-refractivity contribution is -0.127. The molecular weight excluding hydrogens is 293 g/mol. The number of hydrogen-bond donors (Lipinski definition) is 4. The molecule has 0 spiro atoms. The highest BCUT2D eigenvalue weighted by Gasteiger charge is 2.17. The van der Waals surface area contributed by atoms with Gasteiger partial charge in [0.1, 0.15) is 12.7 Å². The van der Waals surface area contributed by atoms with Gasteiger partial charge in [-0.05, 0) is 0 Å². The SMILES string of the molecule is Nc1ncnc2c1ncn2OCC(O)OCP(=O)(O)O. The van der Waals surface area contributed by atoms with E-state index in [9.17, 15) is 9.67 Å². The summed E-state index contributed by atoms with van der Waals surface area (Å²) in [5.41, 5.74) is 6.20. The van der Waals surface area contributed by atoms with Crippen LogP contribution in [0.15, 0.2) is 12.7 Å². The highest BCUT2D eigenvalue weighted by Crippen LogP contribution is 2.34. The van der Waals surface area contributed by atoms with Crippen molar-refractivity contribution in [1.82, 2.24) is 19.7 Å². The summed E-state index contributed by atoms with van der Waals surface area (Å²) in [6, 6.07) is 0. The van der Waals surface area contributed by atoms with E-state index in [1.807, 2.05) is 0 Å². The topological polar surface area (TPSA) is 166 Å². The number of fused-ring (bicyclic) bond motifs is 1. The average Bonchev–Trinajstić information content (AvgIpc) is 2.78. The number of imidazole rings is 1. The third-order valence-corrected chi connectivity index (χ3v) is 2.61. The fourth-order valence-electron chi connectivity index (χ4n) is 1.30. The summed E-state index contributed by atoms with van der Waals surface area (Å²) in [5, 5.41) is 9.36. The van der Waals surface area contributed by atoms with E-state index in [1.165, 1.54) is 12.7 Å². The molecule has 2 rings (SSSR count). The summed E-state index contributed by atoms with van der Waals surface area (Å²) in [4.78, 5) is 33.9. The first-order valence-electron chi connectivity index (χ1n) is 5.28. The van der Waals surface area contributed by atoms with Crippen LogP contribution in [0.4, 0.5) is 5.82 Å². The fourth-order valence-corrected chi connectivity index (χ4v) is 1.67. The number of anilines is 1. The van der Waals surface area contributed by atoms with Gasteiger partial charge in [0.2, 0.25) is 5.65 Å². The van der Waals surface area contributed by atoms with Gasteiger partial charge in [0.15, 0.2) is 30.6 Å². The van der Waals surface area contributed by atoms with Crippen LogP contribution in [0.25, 0.3) is 11.2 Å². The summed E-state index contributed by atoms with van der Waals surface area (Å²) >= 11 is 0. The molecule has 2 aromatic rings. The Kier molecular flexibility index (Phi) is 4.16. The van der Waals surface area contributed by atoms with Crippen LogP contribution in [-0.2, 0) is 9.30 Å². The molecule has 0 radical (unpaired) electrons. The smallest absolute Gasteiger partial charge is 0.351 e. The summed E-state index contributed by atoms with van der Waals surface area (Å²) in [6.07, 6.45) is 0.0714. The van der Waals surface area contributed by atoms with Crippen molar-refractivity contribution < 1.29 is 29.0 Å². The first kappa shape index (κ1) is 14.6. The van der Waals surface area contributed by atoms with Crippen molar-refractivity contribution in [3.05, 3.63) is 12.7 Å². The van der Waals surface area contributed by atoms with Crippen molar-refractivity contribution in [1.29, 1.82) is 0 Å². The van der Waals surface area contributed by atoms with Crippen LogP contribution in [0, 0.1) is 0 Å². The molecule has 0 amide bonds. The number of ether oxygens (including phenoxy) is 1. The standard InChI is InChI=1S/C8H12N5O6P/c9-7-6-8(11-2-10-7)13(3-12-6)19-1-5(14)18-4-20(15,16)17/h2-3,5,14H,1,4H2,(H2,9,10,11)(H2,15,16,17). The molecule has 0 aromatic carbocycles. The zero-order valence-corrected chi connectivity index (χ0v) is 10.9. The molecule has 0 bridgehead atoms. The Morgan fingerprint density at radius 1 is 1.40 bits per heavy atom. The van der Waals surface area contributed by atoms with Crippen LogP contribution in [0.5, 0.6) is 0 Å². The maximum absolute atomic E-state index is 10.6. The lowest BCUT2D eigenvalue weighted by Crippen LogP contribution is -2.26. The number of aliphatic hydroxyl groups is 1. The Balaban J connectivity index is 1.96. The molecule has 20 heavy (non-hydrogen) atoms. The van der Waals surface area contributed by atoms with E-state index < -0.39 is 20.2 Å². The summed E-state index contributed by atoms with van der Waals surface area (Å²) in [6.45, 7) is -0.380. The molecule has 1 atom stereocenters. The van der Waals surface area contributed by atoms with Gasteiger partial charge in [-0.3, -0.25) is 4.57 Å². The minimum absolute atomic E-state index is 0.177. The quantitative estimate of drug-likeness (QED) is 0.357. The second-order valence-corrected chi connectivity index (χ2v) is 5.30. The van der Waals surface area contributed by atoms with E-state index in [-0.39, 0.29) is 12.4 Å². The highest BCUT2D eigenvalue weighted by atomic mass is 31.2. The molecule has 0 aliphatic heterocycles. The van der Waals surface area contributed by atoms with Gasteiger partial charge in [-0.15, -0.1) is 0 Å². The normalized spacial score (nSPS) is 13.6. The number of aliphatic hydroxyl groups excluding tert-OH is 1. The molecule has 1 unspecified atom stereocenters. The second-order valence-electron chi connectivity index (χ2n) is 3.71. The molecule has 0 aliphatic rings. The minimum Gasteiger partial charge on any atom is -0.405 e. The van der Waals surface area contributed by atoms with Crippen molar-refractivity contribution in [3.8, 4) is 0 Å². The third-order valence-electron chi connectivity index (χ3n) is 2.12. The molecule has 0 aliphatic carbocycles. The van der Waals surface area contributed by atoms with E-state index in [1.54, 1.807) is 0 Å². The molecule has 0 fully saturated rings. The van der Waals surface area contributed by atoms with Crippen molar-refractivity contribution >= 4 is 24.6 Å². The monoisotopic (exact) mass is 305 g/mol. The average molecular weight is 305 g/mol. The molecule has 2 aromatic heterocycles. The molecule has 5 N–H and O–H groups in total. The minimum atomic E-state index is -4.34. The predicted molar refractivity (Wildman–Crippen MR) is 65.2 cm³/mol. The van der Waals surface area contributed by atoms with Crippen molar-refractivity contribution in [2.24, 2.45) is 0 Å². The maximum atomic E-state index is 10.6. The maximum Gasteiger partial charge on any atom is 0.351 e. The van der Waals surface area contributed by atoms with Gasteiger partial charge >= 0.3 is 7.60 Å². The van der Waals surface area contributed by atoms with E-state index in [4.69, 9.17) is 20.4 Å². The lowest BCUT2D eigenvalue weighted by atomic mass is 10.5. The third kappa shape index (κ3) is 3.62. The van der Waals surface area contributed by atoms with E-state index >= 15 is 0 Å². The molecule has 110 valence electrons. The Morgan fingerprint density at radius 2 is 2.15 bits per heavy atom. The Hall–Kier alpha value is -1.78. The zero-order valence-electron chi connectivity index (χ0n) is 10.0. The molecule has 2 heterocycles. The first-order chi connectivity index (χ1) is 9.37. The van der Waals surface area contributed by atoms with Crippen LogP contribution in [0.3, 0.4) is 0 Å². The van der Waals surface area contributed by atoms with Gasteiger partial charge < -0.3 is 30.2 Å². The molecular formula is C8H12N5O6P. The van der Waals surface area contributed by atoms with Crippen LogP contribution < -0.4 is 10.6 Å². The van der Waals surface area contributed by atoms with Crippen molar-refractivity contribution in [2.75, 3.05) is 18.7 Å². The first-order valence-corrected chi connectivity index (χ1v) is 7.07. The Bertz CT molecular complexity index is 641. The largest absolute Gasteiger partial charge is 0.405 e. The number of nitrogen functional groups attached to an aromatic ring is 1. The lowest BCUT2D eigenvalue weighted by Gasteiger charge is -2.13. The Labute approximate surface area is 112 Å². The summed E-state index contributed by atoms with van der Waals surface area (Å²) in [5.74, 6) is 0.177. The predicted octanol–water partition coefficient (Wildman–Crippen LogP) is -1.69. The van der Waals surface area contributed by atoms with Gasteiger partial charge in [0.05, 0.1) is 0 Å². The van der Waals surface area contributed by atoms with Crippen LogP contribution >= 0.6 is 7.60 Å². The summed E-state index contributed by atoms with van der Waals surface area (Å²) < 4.78 is 16.2. The van der Waals surface area contributed by atoms with E-state index in [0.717, 1.165) is 4.73 Å². The van der Waals surface area contributed by atoms with E-state index in [2.05, 4.69) is 19.7 Å². The molecule has 0 saturated carbocycles. The van der Waals surface area contributed by atoms with Gasteiger partial charge in [-0.1, -0.05) is 0 Å². The van der Waals surface area contributed by atoms with Gasteiger partial charge in [0, 0.05) is 0 Å². The molecule has 11 nitrogen and oxygen atoms in total. The van der Waals surface area contributed by atoms with Gasteiger partial charge in [-0.25, -0.2) is 15.0 Å².